The summed E-state index contributed by atoms with van der Waals surface area (Å²) in [4.78, 5) is 23.4. The number of aryl methyl sites for hydroxylation is 1. The number of esters is 1. The number of ether oxygens (including phenoxy) is 2. The van der Waals surface area contributed by atoms with Crippen molar-refractivity contribution in [2.24, 2.45) is 0 Å². The number of hydrogen-bond donors (Lipinski definition) is 0. The first-order valence-electron chi connectivity index (χ1n) is 7.04. The fourth-order valence-corrected chi connectivity index (χ4v) is 2.82. The molecular formula is C16H17IO5. The van der Waals surface area contributed by atoms with E-state index in [-0.39, 0.29) is 0 Å². The molecule has 0 saturated carbocycles. The fraction of sp³-hybridized carbons (Fsp3) is 0.375. The summed E-state index contributed by atoms with van der Waals surface area (Å²) in [6.07, 6.45) is -0.187. The van der Waals surface area contributed by atoms with Crippen LogP contribution in [0.15, 0.2) is 27.4 Å². The molecule has 22 heavy (non-hydrogen) atoms. The van der Waals surface area contributed by atoms with Gasteiger partial charge in [-0.25, -0.2) is 9.59 Å². The molecule has 1 atom stereocenters. The summed E-state index contributed by atoms with van der Waals surface area (Å²) in [5.41, 5.74) is 0.910. The van der Waals surface area contributed by atoms with Gasteiger partial charge in [-0.2, -0.15) is 0 Å². The lowest BCUT2D eigenvalue weighted by Crippen LogP contribution is -2.29. The minimum atomic E-state index is -0.678. The number of rotatable bonds is 5. The van der Waals surface area contributed by atoms with Gasteiger partial charge in [-0.1, -0.05) is 6.92 Å². The SMILES string of the molecule is CCOC(=O)C(CC)Oc1ccc2c(C)cc(=O)oc2c1I. The molecule has 1 unspecified atom stereocenters. The fourth-order valence-electron chi connectivity index (χ4n) is 2.11. The lowest BCUT2D eigenvalue weighted by Gasteiger charge is -2.17. The molecule has 0 amide bonds. The van der Waals surface area contributed by atoms with Crippen LogP contribution in [-0.2, 0) is 9.53 Å². The molecule has 2 aromatic rings. The average Bonchev–Trinajstić information content (AvgIpc) is 2.47. The average molecular weight is 416 g/mol. The van der Waals surface area contributed by atoms with Crippen LogP contribution in [0.1, 0.15) is 25.8 Å². The molecule has 0 N–H and O–H groups in total. The molecule has 0 aliphatic rings. The van der Waals surface area contributed by atoms with Gasteiger partial charge in [0.2, 0.25) is 0 Å². The molecule has 0 spiro atoms. The Hall–Kier alpha value is -1.57. The quantitative estimate of drug-likeness (QED) is 0.425. The summed E-state index contributed by atoms with van der Waals surface area (Å²) in [7, 11) is 0. The number of carbonyl (C=O) groups is 1. The maximum Gasteiger partial charge on any atom is 0.347 e. The van der Waals surface area contributed by atoms with Crippen LogP contribution < -0.4 is 10.4 Å². The second-order valence-corrected chi connectivity index (χ2v) is 5.85. The zero-order chi connectivity index (χ0) is 16.3. The Morgan fingerprint density at radius 1 is 1.36 bits per heavy atom. The van der Waals surface area contributed by atoms with Gasteiger partial charge in [0.1, 0.15) is 5.75 Å². The van der Waals surface area contributed by atoms with Gasteiger partial charge in [0.05, 0.1) is 10.2 Å². The normalized spacial score (nSPS) is 12.2. The first-order valence-corrected chi connectivity index (χ1v) is 8.12. The predicted octanol–water partition coefficient (Wildman–Crippen LogP) is 3.43. The van der Waals surface area contributed by atoms with E-state index < -0.39 is 17.7 Å². The molecule has 6 heteroatoms. The van der Waals surface area contributed by atoms with Gasteiger partial charge in [-0.15, -0.1) is 0 Å². The molecule has 0 saturated heterocycles. The summed E-state index contributed by atoms with van der Waals surface area (Å²) in [6, 6.07) is 5.05. The van der Waals surface area contributed by atoms with Crippen molar-refractivity contribution in [2.45, 2.75) is 33.3 Å². The van der Waals surface area contributed by atoms with Gasteiger partial charge in [0.15, 0.2) is 11.7 Å². The number of carbonyl (C=O) groups excluding carboxylic acids is 1. The highest BCUT2D eigenvalue weighted by Crippen LogP contribution is 2.31. The van der Waals surface area contributed by atoms with Crippen molar-refractivity contribution < 1.29 is 18.7 Å². The lowest BCUT2D eigenvalue weighted by molar-refractivity contribution is -0.151. The van der Waals surface area contributed by atoms with Crippen LogP contribution in [0.25, 0.3) is 11.0 Å². The van der Waals surface area contributed by atoms with Crippen molar-refractivity contribution in [3.05, 3.63) is 37.8 Å². The molecular weight excluding hydrogens is 399 g/mol. The third-order valence-corrected chi connectivity index (χ3v) is 4.23. The molecule has 2 rings (SSSR count). The van der Waals surface area contributed by atoms with Gasteiger partial charge in [0.25, 0.3) is 0 Å². The third kappa shape index (κ3) is 3.43. The molecule has 1 aromatic carbocycles. The van der Waals surface area contributed by atoms with E-state index in [1.165, 1.54) is 6.07 Å². The van der Waals surface area contributed by atoms with E-state index in [1.54, 1.807) is 13.0 Å². The van der Waals surface area contributed by atoms with E-state index in [0.29, 0.717) is 27.9 Å². The van der Waals surface area contributed by atoms with Gasteiger partial charge in [0, 0.05) is 11.5 Å². The summed E-state index contributed by atoms with van der Waals surface area (Å²) in [5, 5.41) is 0.848. The Balaban J connectivity index is 2.42. The molecule has 5 nitrogen and oxygen atoms in total. The molecule has 1 aromatic heterocycles. The molecule has 1 heterocycles. The minimum absolute atomic E-state index is 0.307. The number of hydrogen-bond acceptors (Lipinski definition) is 5. The van der Waals surface area contributed by atoms with Gasteiger partial charge in [-0.05, 0) is 60.6 Å². The molecule has 118 valence electrons. The highest BCUT2D eigenvalue weighted by molar-refractivity contribution is 14.1. The summed E-state index contributed by atoms with van der Waals surface area (Å²) in [6.45, 7) is 5.76. The van der Waals surface area contributed by atoms with Gasteiger partial charge < -0.3 is 13.9 Å². The van der Waals surface area contributed by atoms with Crippen molar-refractivity contribution >= 4 is 39.5 Å². The lowest BCUT2D eigenvalue weighted by atomic mass is 10.1. The minimum Gasteiger partial charge on any atom is -0.477 e. The van der Waals surface area contributed by atoms with Crippen LogP contribution >= 0.6 is 22.6 Å². The standard InChI is InChI=1S/C16H17IO5/c1-4-11(16(19)20-5-2)21-12-7-6-10-9(3)8-13(18)22-15(10)14(12)17/h6-8,11H,4-5H2,1-3H3. The molecule has 0 fully saturated rings. The Labute approximate surface area is 141 Å². The molecule has 0 radical (unpaired) electrons. The van der Waals surface area contributed by atoms with Crippen LogP contribution in [0.5, 0.6) is 5.75 Å². The highest BCUT2D eigenvalue weighted by Gasteiger charge is 2.22. The predicted molar refractivity (Wildman–Crippen MR) is 91.3 cm³/mol. The Morgan fingerprint density at radius 2 is 2.09 bits per heavy atom. The second kappa shape index (κ2) is 7.13. The van der Waals surface area contributed by atoms with Gasteiger partial charge >= 0.3 is 11.6 Å². The van der Waals surface area contributed by atoms with Crippen molar-refractivity contribution in [1.29, 1.82) is 0 Å². The second-order valence-electron chi connectivity index (χ2n) is 4.77. The topological polar surface area (TPSA) is 65.7 Å². The largest absolute Gasteiger partial charge is 0.477 e. The first-order chi connectivity index (χ1) is 10.5. The van der Waals surface area contributed by atoms with Crippen LogP contribution in [0.4, 0.5) is 0 Å². The van der Waals surface area contributed by atoms with E-state index in [0.717, 1.165) is 10.9 Å². The smallest absolute Gasteiger partial charge is 0.347 e. The third-order valence-electron chi connectivity index (χ3n) is 3.21. The molecule has 0 bridgehead atoms. The van der Waals surface area contributed by atoms with Crippen molar-refractivity contribution in [2.75, 3.05) is 6.61 Å². The molecule has 0 aliphatic carbocycles. The summed E-state index contributed by atoms with van der Waals surface area (Å²) < 4.78 is 16.7. The van der Waals surface area contributed by atoms with Crippen LogP contribution in [0.2, 0.25) is 0 Å². The maximum absolute atomic E-state index is 11.8. The van der Waals surface area contributed by atoms with E-state index in [9.17, 15) is 9.59 Å². The zero-order valence-electron chi connectivity index (χ0n) is 12.6. The Bertz CT molecular complexity index is 750. The van der Waals surface area contributed by atoms with Crippen LogP contribution in [0, 0.1) is 10.5 Å². The molecule has 0 aliphatic heterocycles. The van der Waals surface area contributed by atoms with Crippen LogP contribution in [-0.4, -0.2) is 18.7 Å². The van der Waals surface area contributed by atoms with E-state index in [1.807, 2.05) is 19.9 Å². The maximum atomic E-state index is 11.8. The first kappa shape index (κ1) is 16.8. The van der Waals surface area contributed by atoms with E-state index >= 15 is 0 Å². The number of fused-ring (bicyclic) bond motifs is 1. The highest BCUT2D eigenvalue weighted by atomic mass is 127. The summed E-state index contributed by atoms with van der Waals surface area (Å²) >= 11 is 2.06. The summed E-state index contributed by atoms with van der Waals surface area (Å²) in [5.74, 6) is 0.105. The van der Waals surface area contributed by atoms with E-state index in [2.05, 4.69) is 22.6 Å². The van der Waals surface area contributed by atoms with Crippen molar-refractivity contribution in [1.82, 2.24) is 0 Å². The zero-order valence-corrected chi connectivity index (χ0v) is 14.8. The van der Waals surface area contributed by atoms with Crippen molar-refractivity contribution in [3.8, 4) is 5.75 Å². The van der Waals surface area contributed by atoms with Crippen LogP contribution in [0.3, 0.4) is 0 Å². The van der Waals surface area contributed by atoms with Crippen molar-refractivity contribution in [3.63, 3.8) is 0 Å². The van der Waals surface area contributed by atoms with Gasteiger partial charge in [-0.3, -0.25) is 0 Å². The number of halogens is 1. The Morgan fingerprint density at radius 3 is 2.73 bits per heavy atom. The number of benzene rings is 1. The monoisotopic (exact) mass is 416 g/mol. The Kier molecular flexibility index (Phi) is 5.44. The van der Waals surface area contributed by atoms with E-state index in [4.69, 9.17) is 13.9 Å².